The molecule has 2 aromatic rings. The number of aromatic nitrogens is 2. The SMILES string of the molecule is CC(c1ccc(O)cc1)N(C)C(=O)CCn1ccnc1. The minimum Gasteiger partial charge on any atom is -0.508 e. The fourth-order valence-electron chi connectivity index (χ4n) is 2.01. The Morgan fingerprint density at radius 2 is 2.10 bits per heavy atom. The molecule has 1 unspecified atom stereocenters. The van der Waals surface area contributed by atoms with Crippen molar-refractivity contribution in [3.63, 3.8) is 0 Å². The van der Waals surface area contributed by atoms with Crippen LogP contribution >= 0.6 is 0 Å². The Morgan fingerprint density at radius 1 is 1.40 bits per heavy atom. The second-order valence-electron chi connectivity index (χ2n) is 4.82. The van der Waals surface area contributed by atoms with E-state index in [2.05, 4.69) is 4.98 Å². The third-order valence-corrected chi connectivity index (χ3v) is 3.49. The van der Waals surface area contributed by atoms with E-state index in [1.807, 2.05) is 29.8 Å². The quantitative estimate of drug-likeness (QED) is 0.908. The molecule has 0 saturated carbocycles. The first-order valence-corrected chi connectivity index (χ1v) is 6.58. The van der Waals surface area contributed by atoms with E-state index in [-0.39, 0.29) is 17.7 Å². The number of benzene rings is 1. The van der Waals surface area contributed by atoms with Crippen molar-refractivity contribution in [1.82, 2.24) is 14.5 Å². The molecule has 1 aromatic carbocycles. The van der Waals surface area contributed by atoms with Crippen LogP contribution in [0.5, 0.6) is 5.75 Å². The second kappa shape index (κ2) is 6.23. The Labute approximate surface area is 118 Å². The molecule has 0 bridgehead atoms. The number of hydrogen-bond acceptors (Lipinski definition) is 3. The van der Waals surface area contributed by atoms with Gasteiger partial charge in [-0.05, 0) is 24.6 Å². The van der Waals surface area contributed by atoms with Gasteiger partial charge in [-0.1, -0.05) is 12.1 Å². The van der Waals surface area contributed by atoms with E-state index >= 15 is 0 Å². The summed E-state index contributed by atoms with van der Waals surface area (Å²) in [5.74, 6) is 0.314. The van der Waals surface area contributed by atoms with Crippen LogP contribution in [0.25, 0.3) is 0 Å². The van der Waals surface area contributed by atoms with Crippen LogP contribution in [0.3, 0.4) is 0 Å². The molecule has 0 saturated heterocycles. The number of hydrogen-bond donors (Lipinski definition) is 1. The third kappa shape index (κ3) is 3.38. The lowest BCUT2D eigenvalue weighted by Crippen LogP contribution is -2.30. The minimum atomic E-state index is -0.0223. The standard InChI is InChI=1S/C15H19N3O2/c1-12(13-3-5-14(19)6-4-13)17(2)15(20)7-9-18-10-8-16-11-18/h3-6,8,10-12,19H,7,9H2,1-2H3. The predicted molar refractivity (Wildman–Crippen MR) is 76.1 cm³/mol. The number of carbonyl (C=O) groups is 1. The van der Waals surface area contributed by atoms with Crippen molar-refractivity contribution in [3.05, 3.63) is 48.5 Å². The van der Waals surface area contributed by atoms with Crippen LogP contribution in [0.15, 0.2) is 43.0 Å². The van der Waals surface area contributed by atoms with Crippen LogP contribution in [0.4, 0.5) is 0 Å². The Balaban J connectivity index is 1.93. The zero-order chi connectivity index (χ0) is 14.5. The van der Waals surface area contributed by atoms with Crippen LogP contribution in [-0.2, 0) is 11.3 Å². The Kier molecular flexibility index (Phi) is 4.40. The molecule has 20 heavy (non-hydrogen) atoms. The van der Waals surface area contributed by atoms with Gasteiger partial charge in [-0.3, -0.25) is 4.79 Å². The van der Waals surface area contributed by atoms with Gasteiger partial charge >= 0.3 is 0 Å². The summed E-state index contributed by atoms with van der Waals surface area (Å²) in [6.07, 6.45) is 5.69. The van der Waals surface area contributed by atoms with Crippen LogP contribution in [-0.4, -0.2) is 32.5 Å². The predicted octanol–water partition coefficient (Wildman–Crippen LogP) is 2.20. The lowest BCUT2D eigenvalue weighted by Gasteiger charge is -2.25. The summed E-state index contributed by atoms with van der Waals surface area (Å²) in [5, 5.41) is 9.29. The number of aryl methyl sites for hydroxylation is 1. The summed E-state index contributed by atoms with van der Waals surface area (Å²) in [6.45, 7) is 2.60. The van der Waals surface area contributed by atoms with Crippen LogP contribution in [0, 0.1) is 0 Å². The lowest BCUT2D eigenvalue weighted by molar-refractivity contribution is -0.132. The molecular weight excluding hydrogens is 254 g/mol. The highest BCUT2D eigenvalue weighted by molar-refractivity contribution is 5.76. The molecule has 106 valence electrons. The zero-order valence-corrected chi connectivity index (χ0v) is 11.7. The second-order valence-corrected chi connectivity index (χ2v) is 4.82. The highest BCUT2D eigenvalue weighted by atomic mass is 16.3. The van der Waals surface area contributed by atoms with Gasteiger partial charge < -0.3 is 14.6 Å². The summed E-state index contributed by atoms with van der Waals surface area (Å²) in [7, 11) is 1.80. The summed E-state index contributed by atoms with van der Waals surface area (Å²) < 4.78 is 1.89. The minimum absolute atomic E-state index is 0.0223. The lowest BCUT2D eigenvalue weighted by atomic mass is 10.1. The van der Waals surface area contributed by atoms with E-state index in [0.717, 1.165) is 5.56 Å². The molecule has 0 fully saturated rings. The summed E-state index contributed by atoms with van der Waals surface area (Å²) >= 11 is 0. The monoisotopic (exact) mass is 273 g/mol. The van der Waals surface area contributed by atoms with E-state index in [1.165, 1.54) is 0 Å². The van der Waals surface area contributed by atoms with Gasteiger partial charge in [-0.2, -0.15) is 0 Å². The Morgan fingerprint density at radius 3 is 2.70 bits per heavy atom. The van der Waals surface area contributed by atoms with Crippen LogP contribution in [0.1, 0.15) is 24.9 Å². The van der Waals surface area contributed by atoms with E-state index in [4.69, 9.17) is 0 Å². The molecule has 2 rings (SSSR count). The van der Waals surface area contributed by atoms with E-state index < -0.39 is 0 Å². The summed E-state index contributed by atoms with van der Waals surface area (Å²) in [5.41, 5.74) is 1.00. The largest absolute Gasteiger partial charge is 0.508 e. The summed E-state index contributed by atoms with van der Waals surface area (Å²) in [6, 6.07) is 6.91. The highest BCUT2D eigenvalue weighted by Gasteiger charge is 2.17. The van der Waals surface area contributed by atoms with Gasteiger partial charge in [-0.15, -0.1) is 0 Å². The molecule has 1 aromatic heterocycles. The van der Waals surface area contributed by atoms with Gasteiger partial charge in [0.05, 0.1) is 12.4 Å². The Bertz CT molecular complexity index is 549. The fraction of sp³-hybridized carbons (Fsp3) is 0.333. The third-order valence-electron chi connectivity index (χ3n) is 3.49. The van der Waals surface area contributed by atoms with Crippen LogP contribution < -0.4 is 0 Å². The molecular formula is C15H19N3O2. The van der Waals surface area contributed by atoms with Gasteiger partial charge in [0.15, 0.2) is 0 Å². The van der Waals surface area contributed by atoms with Gasteiger partial charge in [0.25, 0.3) is 0 Å². The molecule has 1 heterocycles. The number of nitrogens with zero attached hydrogens (tertiary/aromatic N) is 3. The molecule has 0 spiro atoms. The number of imidazole rings is 1. The smallest absolute Gasteiger partial charge is 0.224 e. The first kappa shape index (κ1) is 14.1. The maximum atomic E-state index is 12.2. The molecule has 1 amide bonds. The first-order chi connectivity index (χ1) is 9.58. The molecule has 0 radical (unpaired) electrons. The van der Waals surface area contributed by atoms with Gasteiger partial charge in [0, 0.05) is 32.4 Å². The number of phenols is 1. The average molecular weight is 273 g/mol. The molecule has 5 heteroatoms. The first-order valence-electron chi connectivity index (χ1n) is 6.58. The molecule has 5 nitrogen and oxygen atoms in total. The van der Waals surface area contributed by atoms with Crippen molar-refractivity contribution in [2.75, 3.05) is 7.05 Å². The van der Waals surface area contributed by atoms with Gasteiger partial charge in [0.1, 0.15) is 5.75 Å². The van der Waals surface area contributed by atoms with Gasteiger partial charge in [0.2, 0.25) is 5.91 Å². The van der Waals surface area contributed by atoms with Crippen molar-refractivity contribution in [1.29, 1.82) is 0 Å². The Hall–Kier alpha value is -2.30. The van der Waals surface area contributed by atoms with Crippen molar-refractivity contribution in [2.24, 2.45) is 0 Å². The molecule has 0 aliphatic rings. The number of rotatable bonds is 5. The normalized spacial score (nSPS) is 12.1. The molecule has 1 N–H and O–H groups in total. The number of aromatic hydroxyl groups is 1. The molecule has 0 aliphatic heterocycles. The van der Waals surface area contributed by atoms with Crippen molar-refractivity contribution < 1.29 is 9.90 Å². The van der Waals surface area contributed by atoms with Crippen molar-refractivity contribution >= 4 is 5.91 Å². The van der Waals surface area contributed by atoms with E-state index in [9.17, 15) is 9.90 Å². The number of phenolic OH excluding ortho intramolecular Hbond substituents is 1. The maximum absolute atomic E-state index is 12.2. The molecule has 0 aliphatic carbocycles. The number of carbonyl (C=O) groups excluding carboxylic acids is 1. The maximum Gasteiger partial charge on any atom is 0.224 e. The number of amides is 1. The zero-order valence-electron chi connectivity index (χ0n) is 11.7. The van der Waals surface area contributed by atoms with Crippen LogP contribution in [0.2, 0.25) is 0 Å². The molecule has 1 atom stereocenters. The highest BCUT2D eigenvalue weighted by Crippen LogP contribution is 2.21. The fourth-order valence-corrected chi connectivity index (χ4v) is 2.01. The topological polar surface area (TPSA) is 58.4 Å². The summed E-state index contributed by atoms with van der Waals surface area (Å²) in [4.78, 5) is 17.8. The van der Waals surface area contributed by atoms with E-state index in [0.29, 0.717) is 13.0 Å². The van der Waals surface area contributed by atoms with Gasteiger partial charge in [-0.25, -0.2) is 4.98 Å². The van der Waals surface area contributed by atoms with E-state index in [1.54, 1.807) is 36.6 Å². The average Bonchev–Trinajstić information content (AvgIpc) is 2.97. The van der Waals surface area contributed by atoms with Crippen molar-refractivity contribution in [2.45, 2.75) is 25.9 Å². The van der Waals surface area contributed by atoms with Crippen molar-refractivity contribution in [3.8, 4) is 5.75 Å².